The molecule has 37 heavy (non-hydrogen) atoms. The fraction of sp³-hybridized carbons (Fsp3) is 0.250. The van der Waals surface area contributed by atoms with Gasteiger partial charge in [-0.05, 0) is 72.0 Å². The second-order valence-electron chi connectivity index (χ2n) is 8.85. The average Bonchev–Trinajstić information content (AvgIpc) is 2.90. The maximum atomic E-state index is 13.5. The first-order chi connectivity index (χ1) is 17.8. The van der Waals surface area contributed by atoms with Crippen molar-refractivity contribution in [2.45, 2.75) is 43.7 Å². The van der Waals surface area contributed by atoms with Gasteiger partial charge in [0.05, 0.1) is 22.3 Å². The second kappa shape index (κ2) is 11.3. The summed E-state index contributed by atoms with van der Waals surface area (Å²) in [6, 6.07) is 20.4. The molecule has 2 heterocycles. The van der Waals surface area contributed by atoms with Crippen LogP contribution in [0.2, 0.25) is 0 Å². The lowest BCUT2D eigenvalue weighted by Gasteiger charge is -2.21. The Morgan fingerprint density at radius 1 is 1.00 bits per heavy atom. The fourth-order valence-electron chi connectivity index (χ4n) is 4.20. The number of hydrogen-bond donors (Lipinski definition) is 3. The van der Waals surface area contributed by atoms with Gasteiger partial charge in [-0.3, -0.25) is 9.59 Å². The van der Waals surface area contributed by atoms with Gasteiger partial charge in [-0.25, -0.2) is 8.42 Å². The van der Waals surface area contributed by atoms with E-state index < -0.39 is 15.9 Å². The van der Waals surface area contributed by atoms with Crippen molar-refractivity contribution >= 4 is 33.0 Å². The van der Waals surface area contributed by atoms with E-state index in [0.717, 1.165) is 11.1 Å². The van der Waals surface area contributed by atoms with Crippen molar-refractivity contribution in [3.05, 3.63) is 89.0 Å². The highest BCUT2D eigenvalue weighted by atomic mass is 32.2. The molecule has 190 valence electrons. The number of fused-ring (bicyclic) bond motifs is 9. The minimum atomic E-state index is -3.56. The molecule has 3 N–H and O–H groups in total. The molecule has 5 rings (SSSR count). The molecule has 2 aliphatic rings. The normalized spacial score (nSPS) is 16.4. The first kappa shape index (κ1) is 25.9. The molecular weight excluding hydrogens is 488 g/mol. The third-order valence-corrected chi connectivity index (χ3v) is 8.11. The van der Waals surface area contributed by atoms with Gasteiger partial charge in [0.25, 0.3) is 0 Å². The highest BCUT2D eigenvalue weighted by Gasteiger charge is 2.23. The SMILES string of the molecule is CCS(=O)(=O)c1ccc2cc1CNC(=O)[C@H](Nc1ccc(C#N)cc1)c1ccc(cc1)CCCC(=O)N2. The van der Waals surface area contributed by atoms with Crippen molar-refractivity contribution in [2.24, 2.45) is 0 Å². The standard InChI is InChI=1S/C28H28N4O4S/c1-2-37(35,36)25-15-14-24-16-22(25)18-30-28(34)27(32-23-12-8-20(17-29)9-13-23)21-10-6-19(7-11-21)4-3-5-26(33)31-24/h6-16,27,32H,2-5,18H2,1H3,(H,30,34)(H,31,33)/t27-/m1/s1. The monoisotopic (exact) mass is 516 g/mol. The molecule has 8 nitrogen and oxygen atoms in total. The molecule has 1 atom stereocenters. The van der Waals surface area contributed by atoms with Crippen molar-refractivity contribution in [1.29, 1.82) is 5.26 Å². The van der Waals surface area contributed by atoms with Gasteiger partial charge in [-0.15, -0.1) is 0 Å². The lowest BCUT2D eigenvalue weighted by Crippen LogP contribution is -2.33. The third-order valence-electron chi connectivity index (χ3n) is 6.28. The van der Waals surface area contributed by atoms with Crippen LogP contribution in [-0.4, -0.2) is 26.0 Å². The predicted octanol–water partition coefficient (Wildman–Crippen LogP) is 4.10. The minimum Gasteiger partial charge on any atom is -0.370 e. The van der Waals surface area contributed by atoms with E-state index in [1.165, 1.54) is 6.07 Å². The Labute approximate surface area is 216 Å². The third kappa shape index (κ3) is 6.35. The summed E-state index contributed by atoms with van der Waals surface area (Å²) in [5.41, 5.74) is 3.83. The molecule has 0 fully saturated rings. The summed E-state index contributed by atoms with van der Waals surface area (Å²) >= 11 is 0. The Morgan fingerprint density at radius 3 is 2.41 bits per heavy atom. The van der Waals surface area contributed by atoms with Gasteiger partial charge in [-0.1, -0.05) is 31.2 Å². The largest absolute Gasteiger partial charge is 0.370 e. The average molecular weight is 517 g/mol. The maximum Gasteiger partial charge on any atom is 0.247 e. The summed E-state index contributed by atoms with van der Waals surface area (Å²) in [6.45, 7) is 1.52. The molecule has 0 unspecified atom stereocenters. The van der Waals surface area contributed by atoms with Crippen LogP contribution in [0.3, 0.4) is 0 Å². The highest BCUT2D eigenvalue weighted by Crippen LogP contribution is 2.25. The Kier molecular flexibility index (Phi) is 7.89. The quantitative estimate of drug-likeness (QED) is 0.479. The Balaban J connectivity index is 1.70. The summed E-state index contributed by atoms with van der Waals surface area (Å²) in [4.78, 5) is 26.0. The van der Waals surface area contributed by atoms with Gasteiger partial charge < -0.3 is 16.0 Å². The number of rotatable bonds is 4. The zero-order valence-corrected chi connectivity index (χ0v) is 21.3. The number of aryl methyl sites for hydroxylation is 1. The zero-order chi connectivity index (χ0) is 26.4. The van der Waals surface area contributed by atoms with Crippen LogP contribution in [0.15, 0.2) is 71.6 Å². The summed E-state index contributed by atoms with van der Waals surface area (Å²) < 4.78 is 25.4. The van der Waals surface area contributed by atoms with E-state index in [4.69, 9.17) is 5.26 Å². The van der Waals surface area contributed by atoms with E-state index in [-0.39, 0.29) is 29.0 Å². The number of nitriles is 1. The van der Waals surface area contributed by atoms with Crippen LogP contribution in [0.25, 0.3) is 0 Å². The van der Waals surface area contributed by atoms with Crippen molar-refractivity contribution < 1.29 is 18.0 Å². The van der Waals surface area contributed by atoms with Crippen LogP contribution in [0.1, 0.15) is 48.1 Å². The van der Waals surface area contributed by atoms with E-state index in [1.54, 1.807) is 43.3 Å². The molecular formula is C28H28N4O4S. The van der Waals surface area contributed by atoms with Crippen LogP contribution < -0.4 is 16.0 Å². The van der Waals surface area contributed by atoms with Gasteiger partial charge in [0.1, 0.15) is 6.04 Å². The number of hydrogen-bond acceptors (Lipinski definition) is 6. The molecule has 4 bridgehead atoms. The molecule has 0 saturated carbocycles. The van der Waals surface area contributed by atoms with E-state index in [9.17, 15) is 18.0 Å². The molecule has 0 spiro atoms. The van der Waals surface area contributed by atoms with E-state index >= 15 is 0 Å². The second-order valence-corrected chi connectivity index (χ2v) is 11.1. The molecule has 2 aliphatic heterocycles. The minimum absolute atomic E-state index is 0.0409. The summed E-state index contributed by atoms with van der Waals surface area (Å²) in [6.07, 6.45) is 1.67. The number of carbonyl (C=O) groups excluding carboxylic acids is 2. The van der Waals surface area contributed by atoms with Crippen molar-refractivity contribution in [1.82, 2.24) is 5.32 Å². The molecule has 0 radical (unpaired) electrons. The lowest BCUT2D eigenvalue weighted by atomic mass is 10.0. The smallest absolute Gasteiger partial charge is 0.247 e. The van der Waals surface area contributed by atoms with Crippen LogP contribution in [0.5, 0.6) is 0 Å². The summed E-state index contributed by atoms with van der Waals surface area (Å²) in [5.74, 6) is -0.593. The number of amides is 2. The zero-order valence-electron chi connectivity index (χ0n) is 20.5. The maximum absolute atomic E-state index is 13.5. The number of anilines is 2. The van der Waals surface area contributed by atoms with E-state index in [2.05, 4.69) is 22.0 Å². The van der Waals surface area contributed by atoms with Crippen molar-refractivity contribution in [2.75, 3.05) is 16.4 Å². The van der Waals surface area contributed by atoms with Crippen LogP contribution >= 0.6 is 0 Å². The van der Waals surface area contributed by atoms with Gasteiger partial charge in [0.2, 0.25) is 11.8 Å². The highest BCUT2D eigenvalue weighted by molar-refractivity contribution is 7.91. The van der Waals surface area contributed by atoms with E-state index in [1.807, 2.05) is 24.3 Å². The first-order valence-corrected chi connectivity index (χ1v) is 13.7. The summed E-state index contributed by atoms with van der Waals surface area (Å²) in [7, 11) is -3.56. The van der Waals surface area contributed by atoms with Crippen molar-refractivity contribution in [3.8, 4) is 6.07 Å². The van der Waals surface area contributed by atoms with Gasteiger partial charge in [-0.2, -0.15) is 5.26 Å². The Bertz CT molecular complexity index is 1440. The molecule has 9 heteroatoms. The van der Waals surface area contributed by atoms with Crippen LogP contribution in [0.4, 0.5) is 11.4 Å². The molecule has 0 aliphatic carbocycles. The predicted molar refractivity (Wildman–Crippen MR) is 142 cm³/mol. The molecule has 0 aromatic heterocycles. The molecule has 3 aromatic carbocycles. The topological polar surface area (TPSA) is 128 Å². The number of nitrogens with zero attached hydrogens (tertiary/aromatic N) is 1. The fourth-order valence-corrected chi connectivity index (χ4v) is 5.32. The Hall–Kier alpha value is -4.16. The summed E-state index contributed by atoms with van der Waals surface area (Å²) in [5, 5.41) is 18.0. The number of sulfone groups is 1. The number of carbonyl (C=O) groups is 2. The van der Waals surface area contributed by atoms with Crippen LogP contribution in [0, 0.1) is 11.3 Å². The molecule has 3 aromatic rings. The molecule has 0 saturated heterocycles. The van der Waals surface area contributed by atoms with Gasteiger partial charge in [0.15, 0.2) is 9.84 Å². The van der Waals surface area contributed by atoms with E-state index in [0.29, 0.717) is 41.8 Å². The first-order valence-electron chi connectivity index (χ1n) is 12.1. The lowest BCUT2D eigenvalue weighted by molar-refractivity contribution is -0.122. The van der Waals surface area contributed by atoms with Crippen LogP contribution in [-0.2, 0) is 32.4 Å². The molecule has 2 amide bonds. The Morgan fingerprint density at radius 2 is 1.73 bits per heavy atom. The van der Waals surface area contributed by atoms with Crippen molar-refractivity contribution in [3.63, 3.8) is 0 Å². The van der Waals surface area contributed by atoms with Gasteiger partial charge >= 0.3 is 0 Å². The number of nitrogens with one attached hydrogen (secondary N) is 3. The number of benzene rings is 3. The van der Waals surface area contributed by atoms with Gasteiger partial charge in [0, 0.05) is 24.3 Å².